The fraction of sp³-hybridized carbons (Fsp3) is 0.833. The van der Waals surface area contributed by atoms with Gasteiger partial charge in [-0.3, -0.25) is 4.79 Å². The number of phosphoric ester groups is 1. The van der Waals surface area contributed by atoms with Crippen LogP contribution in [0.5, 0.6) is 0 Å². The maximum Gasteiger partial charge on any atom is 0.472 e. The van der Waals surface area contributed by atoms with Crippen molar-refractivity contribution in [3.8, 4) is 0 Å². The molecule has 8 nitrogen and oxygen atoms in total. The summed E-state index contributed by atoms with van der Waals surface area (Å²) in [4.78, 5) is 27.6. The van der Waals surface area contributed by atoms with Crippen LogP contribution in [0.2, 0.25) is 0 Å². The summed E-state index contributed by atoms with van der Waals surface area (Å²) in [5.74, 6) is -0.761. The number of carbonyl (C=O) groups excluding carboxylic acids is 1. The van der Waals surface area contributed by atoms with Gasteiger partial charge in [0.1, 0.15) is 6.10 Å². The van der Waals surface area contributed by atoms with E-state index in [0.29, 0.717) is 0 Å². The highest BCUT2D eigenvalue weighted by atomic mass is 31.2. The Morgan fingerprint density at radius 3 is 2.33 bits per heavy atom. The lowest BCUT2D eigenvalue weighted by Crippen LogP contribution is -2.30. The summed E-state index contributed by atoms with van der Waals surface area (Å²) in [6.45, 7) is -0.0626. The molecule has 0 aliphatic rings. The first-order valence-corrected chi connectivity index (χ1v) is 5.44. The maximum absolute atomic E-state index is 10.8. The van der Waals surface area contributed by atoms with Crippen LogP contribution in [0, 0.1) is 0 Å². The number of Topliss-reactive ketones (excluding diaryl/α,β-unsaturated/α-hetero) is 1. The first-order chi connectivity index (χ1) is 6.76. The molecule has 2 atom stereocenters. The third-order valence-corrected chi connectivity index (χ3v) is 1.68. The number of hydrogen-bond acceptors (Lipinski definition) is 6. The van der Waals surface area contributed by atoms with Crippen molar-refractivity contribution in [2.75, 3.05) is 13.2 Å². The monoisotopic (exact) mass is 244 g/mol. The molecule has 0 aliphatic heterocycles. The van der Waals surface area contributed by atoms with E-state index >= 15 is 0 Å². The van der Waals surface area contributed by atoms with Crippen molar-refractivity contribution in [2.45, 2.75) is 19.3 Å². The summed E-state index contributed by atoms with van der Waals surface area (Å²) in [5.41, 5.74) is 0. The second-order valence-electron chi connectivity index (χ2n) is 2.71. The standard InChI is InChI=1S/C6H13O8P/c1-4(8)6(14-15(10,11)12)13-3-5(9)2-7/h5-7,9H,2-3H2,1H3,(H2,10,11,12). The molecule has 0 spiro atoms. The van der Waals surface area contributed by atoms with Crippen LogP contribution in [0.15, 0.2) is 0 Å². The summed E-state index contributed by atoms with van der Waals surface area (Å²) >= 11 is 0. The molecule has 0 bridgehead atoms. The summed E-state index contributed by atoms with van der Waals surface area (Å²) in [7, 11) is -4.83. The molecule has 90 valence electrons. The topological polar surface area (TPSA) is 134 Å². The Morgan fingerprint density at radius 2 is 2.00 bits per heavy atom. The predicted molar refractivity (Wildman–Crippen MR) is 46.6 cm³/mol. The lowest BCUT2D eigenvalue weighted by atomic mass is 10.4. The average Bonchev–Trinajstić information content (AvgIpc) is 2.09. The maximum atomic E-state index is 10.8. The van der Waals surface area contributed by atoms with Gasteiger partial charge in [0, 0.05) is 0 Å². The van der Waals surface area contributed by atoms with Crippen molar-refractivity contribution < 1.29 is 38.6 Å². The SMILES string of the molecule is CC(=O)C(OCC(O)CO)OP(=O)(O)O. The van der Waals surface area contributed by atoms with Gasteiger partial charge < -0.3 is 24.7 Å². The van der Waals surface area contributed by atoms with E-state index in [9.17, 15) is 9.36 Å². The lowest BCUT2D eigenvalue weighted by Gasteiger charge is -2.17. The van der Waals surface area contributed by atoms with Crippen LogP contribution in [0.4, 0.5) is 0 Å². The van der Waals surface area contributed by atoms with Gasteiger partial charge in [-0.15, -0.1) is 0 Å². The van der Waals surface area contributed by atoms with Gasteiger partial charge in [0.2, 0.25) is 6.29 Å². The first kappa shape index (κ1) is 14.7. The van der Waals surface area contributed by atoms with E-state index in [4.69, 9.17) is 20.0 Å². The molecule has 0 rings (SSSR count). The summed E-state index contributed by atoms with van der Waals surface area (Å²) in [6.07, 6.45) is -3.00. The van der Waals surface area contributed by atoms with Crippen molar-refractivity contribution in [1.29, 1.82) is 0 Å². The molecule has 0 radical (unpaired) electrons. The molecule has 0 heterocycles. The third kappa shape index (κ3) is 7.57. The van der Waals surface area contributed by atoms with Gasteiger partial charge >= 0.3 is 7.82 Å². The van der Waals surface area contributed by atoms with E-state index in [2.05, 4.69) is 9.26 Å². The summed E-state index contributed by atoms with van der Waals surface area (Å²) in [5, 5.41) is 17.3. The van der Waals surface area contributed by atoms with Crippen LogP contribution in [-0.2, 0) is 18.6 Å². The molecular weight excluding hydrogens is 231 g/mol. The lowest BCUT2D eigenvalue weighted by molar-refractivity contribution is -0.157. The van der Waals surface area contributed by atoms with E-state index in [1.165, 1.54) is 0 Å². The molecule has 15 heavy (non-hydrogen) atoms. The number of phosphoric acid groups is 1. The zero-order valence-electron chi connectivity index (χ0n) is 7.94. The minimum absolute atomic E-state index is 0.471. The number of aliphatic hydroxyl groups is 2. The normalized spacial score (nSPS) is 16.1. The van der Waals surface area contributed by atoms with Crippen LogP contribution in [0.25, 0.3) is 0 Å². The molecule has 0 amide bonds. The zero-order valence-corrected chi connectivity index (χ0v) is 8.83. The van der Waals surface area contributed by atoms with E-state index in [1.54, 1.807) is 0 Å². The number of rotatable bonds is 7. The Balaban J connectivity index is 4.18. The number of hydrogen-bond donors (Lipinski definition) is 4. The Bertz CT molecular complexity index is 248. The Labute approximate surface area is 85.7 Å². The fourth-order valence-electron chi connectivity index (χ4n) is 0.598. The van der Waals surface area contributed by atoms with Gasteiger partial charge in [0.25, 0.3) is 0 Å². The number of ether oxygens (including phenoxy) is 1. The molecule has 0 fully saturated rings. The van der Waals surface area contributed by atoms with E-state index in [0.717, 1.165) is 6.92 Å². The molecular formula is C6H13O8P. The van der Waals surface area contributed by atoms with Crippen molar-refractivity contribution in [1.82, 2.24) is 0 Å². The molecule has 0 saturated heterocycles. The van der Waals surface area contributed by atoms with E-state index in [1.807, 2.05) is 0 Å². The van der Waals surface area contributed by atoms with Crippen LogP contribution in [0.3, 0.4) is 0 Å². The van der Waals surface area contributed by atoms with Crippen LogP contribution in [-0.4, -0.2) is 51.4 Å². The van der Waals surface area contributed by atoms with E-state index in [-0.39, 0.29) is 0 Å². The molecule has 2 unspecified atom stereocenters. The average molecular weight is 244 g/mol. The van der Waals surface area contributed by atoms with Crippen molar-refractivity contribution in [2.24, 2.45) is 0 Å². The van der Waals surface area contributed by atoms with Crippen LogP contribution >= 0.6 is 7.82 Å². The Hall–Kier alpha value is -0.340. The third-order valence-electron chi connectivity index (χ3n) is 1.22. The highest BCUT2D eigenvalue weighted by molar-refractivity contribution is 7.46. The number of carbonyl (C=O) groups is 1. The molecule has 0 aromatic heterocycles. The highest BCUT2D eigenvalue weighted by Gasteiger charge is 2.26. The predicted octanol–water partition coefficient (Wildman–Crippen LogP) is -1.62. The highest BCUT2D eigenvalue weighted by Crippen LogP contribution is 2.37. The molecule has 0 saturated carbocycles. The Kier molecular flexibility index (Phi) is 6.15. The van der Waals surface area contributed by atoms with Crippen molar-refractivity contribution in [3.63, 3.8) is 0 Å². The quantitative estimate of drug-likeness (QED) is 0.310. The zero-order chi connectivity index (χ0) is 12.1. The Morgan fingerprint density at radius 1 is 1.47 bits per heavy atom. The minimum Gasteiger partial charge on any atom is -0.394 e. The smallest absolute Gasteiger partial charge is 0.394 e. The second kappa shape index (κ2) is 6.29. The van der Waals surface area contributed by atoms with Crippen LogP contribution < -0.4 is 0 Å². The van der Waals surface area contributed by atoms with Crippen molar-refractivity contribution >= 4 is 13.6 Å². The van der Waals surface area contributed by atoms with Gasteiger partial charge in [0.05, 0.1) is 13.2 Å². The second-order valence-corrected chi connectivity index (χ2v) is 3.90. The van der Waals surface area contributed by atoms with Crippen molar-refractivity contribution in [3.05, 3.63) is 0 Å². The van der Waals surface area contributed by atoms with Gasteiger partial charge in [-0.1, -0.05) is 0 Å². The fourth-order valence-corrected chi connectivity index (χ4v) is 1.06. The van der Waals surface area contributed by atoms with Crippen LogP contribution in [0.1, 0.15) is 6.92 Å². The molecule has 9 heteroatoms. The first-order valence-electron chi connectivity index (χ1n) is 3.91. The van der Waals surface area contributed by atoms with E-state index < -0.39 is 39.2 Å². The van der Waals surface area contributed by atoms with Gasteiger partial charge in [0.15, 0.2) is 5.78 Å². The summed E-state index contributed by atoms with van der Waals surface area (Å²) in [6, 6.07) is 0. The molecule has 0 aliphatic carbocycles. The van der Waals surface area contributed by atoms with Gasteiger partial charge in [-0.05, 0) is 6.92 Å². The van der Waals surface area contributed by atoms with Gasteiger partial charge in [-0.25, -0.2) is 9.09 Å². The molecule has 0 aromatic rings. The number of ketones is 1. The largest absolute Gasteiger partial charge is 0.472 e. The molecule has 4 N–H and O–H groups in total. The minimum atomic E-state index is -4.83. The number of aliphatic hydroxyl groups excluding tert-OH is 2. The summed E-state index contributed by atoms with van der Waals surface area (Å²) < 4.78 is 18.9. The molecule has 0 aromatic carbocycles. The van der Waals surface area contributed by atoms with Gasteiger partial charge in [-0.2, -0.15) is 0 Å².